The zero-order valence-corrected chi connectivity index (χ0v) is 11.0. The van der Waals surface area contributed by atoms with Crippen molar-refractivity contribution in [2.24, 2.45) is 0 Å². The largest absolute Gasteiger partial charge is 0.379 e. The lowest BCUT2D eigenvalue weighted by Gasteiger charge is -2.16. The Balaban J connectivity index is 2.23. The Morgan fingerprint density at radius 1 is 1.19 bits per heavy atom. The Bertz CT molecular complexity index is 286. The molecule has 1 rings (SSSR count). The van der Waals surface area contributed by atoms with Crippen LogP contribution in [-0.2, 0) is 11.3 Å². The first kappa shape index (κ1) is 13.6. The Morgan fingerprint density at radius 2 is 1.88 bits per heavy atom. The molecule has 0 N–H and O–H groups in total. The zero-order valence-electron chi connectivity index (χ0n) is 10.1. The molecule has 0 spiro atoms. The van der Waals surface area contributed by atoms with E-state index in [1.165, 1.54) is 11.1 Å². The van der Waals surface area contributed by atoms with Crippen molar-refractivity contribution in [2.75, 3.05) is 32.6 Å². The third kappa shape index (κ3) is 5.54. The molecule has 0 fully saturated rings. The molecule has 0 bridgehead atoms. The molecule has 0 aromatic heterocycles. The van der Waals surface area contributed by atoms with Crippen LogP contribution in [0.25, 0.3) is 0 Å². The van der Waals surface area contributed by atoms with Crippen LogP contribution in [0.5, 0.6) is 0 Å². The van der Waals surface area contributed by atoms with Gasteiger partial charge in [-0.3, -0.25) is 4.90 Å². The highest BCUT2D eigenvalue weighted by molar-refractivity contribution is 7.80. The van der Waals surface area contributed by atoms with Gasteiger partial charge in [-0.2, -0.15) is 12.6 Å². The summed E-state index contributed by atoms with van der Waals surface area (Å²) in [6.07, 6.45) is 0. The van der Waals surface area contributed by atoms with E-state index in [-0.39, 0.29) is 0 Å². The number of likely N-dealkylation sites (N-methyl/N-ethyl adjacent to an activating group) is 1. The number of benzene rings is 1. The Hall–Kier alpha value is -0.510. The van der Waals surface area contributed by atoms with Gasteiger partial charge in [0.25, 0.3) is 0 Å². The van der Waals surface area contributed by atoms with Crippen molar-refractivity contribution in [3.05, 3.63) is 35.4 Å². The number of ether oxygens (including phenoxy) is 1. The second kappa shape index (κ2) is 7.71. The van der Waals surface area contributed by atoms with Crippen molar-refractivity contribution >= 4 is 12.6 Å². The molecule has 0 aliphatic rings. The molecule has 0 heterocycles. The van der Waals surface area contributed by atoms with E-state index in [1.54, 1.807) is 0 Å². The van der Waals surface area contributed by atoms with Crippen molar-refractivity contribution in [1.82, 2.24) is 4.90 Å². The molecule has 0 amide bonds. The van der Waals surface area contributed by atoms with Crippen molar-refractivity contribution in [2.45, 2.75) is 13.5 Å². The number of rotatable bonds is 7. The van der Waals surface area contributed by atoms with Gasteiger partial charge >= 0.3 is 0 Å². The number of nitrogens with zero attached hydrogens (tertiary/aromatic N) is 1. The fourth-order valence-corrected chi connectivity index (χ4v) is 1.60. The topological polar surface area (TPSA) is 12.5 Å². The molecule has 0 aliphatic heterocycles. The standard InChI is InChI=1S/C13H21NOS/c1-12-3-5-13(6-4-12)11-14(2)7-8-15-9-10-16/h3-6,16H,7-11H2,1-2H3. The summed E-state index contributed by atoms with van der Waals surface area (Å²) < 4.78 is 5.39. The van der Waals surface area contributed by atoms with Crippen molar-refractivity contribution in [1.29, 1.82) is 0 Å². The molecule has 1 aromatic rings. The second-order valence-corrected chi connectivity index (χ2v) is 4.51. The molecule has 0 saturated heterocycles. The van der Waals surface area contributed by atoms with Gasteiger partial charge in [-0.1, -0.05) is 29.8 Å². The summed E-state index contributed by atoms with van der Waals surface area (Å²) in [7, 11) is 2.11. The van der Waals surface area contributed by atoms with Gasteiger partial charge in [-0.25, -0.2) is 0 Å². The minimum absolute atomic E-state index is 0.738. The Labute approximate surface area is 104 Å². The van der Waals surface area contributed by atoms with Crippen LogP contribution in [0.2, 0.25) is 0 Å². The SMILES string of the molecule is Cc1ccc(CN(C)CCOCCS)cc1. The zero-order chi connectivity index (χ0) is 11.8. The van der Waals surface area contributed by atoms with Gasteiger partial charge in [0.05, 0.1) is 13.2 Å². The van der Waals surface area contributed by atoms with Crippen LogP contribution < -0.4 is 0 Å². The minimum Gasteiger partial charge on any atom is -0.379 e. The summed E-state index contributed by atoms with van der Waals surface area (Å²) in [4.78, 5) is 2.27. The molecule has 2 nitrogen and oxygen atoms in total. The lowest BCUT2D eigenvalue weighted by Crippen LogP contribution is -2.23. The van der Waals surface area contributed by atoms with Crippen LogP contribution >= 0.6 is 12.6 Å². The van der Waals surface area contributed by atoms with Crippen LogP contribution in [0.4, 0.5) is 0 Å². The monoisotopic (exact) mass is 239 g/mol. The average molecular weight is 239 g/mol. The van der Waals surface area contributed by atoms with E-state index in [0.29, 0.717) is 0 Å². The van der Waals surface area contributed by atoms with Gasteiger partial charge < -0.3 is 4.74 Å². The summed E-state index contributed by atoms with van der Waals surface area (Å²) in [5.41, 5.74) is 2.66. The fourth-order valence-electron chi connectivity index (χ4n) is 1.47. The van der Waals surface area contributed by atoms with Gasteiger partial charge in [-0.05, 0) is 19.5 Å². The molecule has 0 atom stereocenters. The third-order valence-corrected chi connectivity index (χ3v) is 2.61. The highest BCUT2D eigenvalue weighted by Gasteiger charge is 1.99. The highest BCUT2D eigenvalue weighted by Crippen LogP contribution is 2.05. The Morgan fingerprint density at radius 3 is 2.50 bits per heavy atom. The molecule has 3 heteroatoms. The van der Waals surface area contributed by atoms with Crippen LogP contribution in [0.15, 0.2) is 24.3 Å². The molecule has 1 aromatic carbocycles. The van der Waals surface area contributed by atoms with Gasteiger partial charge in [0, 0.05) is 18.8 Å². The maximum absolute atomic E-state index is 5.39. The predicted octanol–water partition coefficient (Wildman–Crippen LogP) is 2.37. The molecule has 0 saturated carbocycles. The molecular weight excluding hydrogens is 218 g/mol. The normalized spacial score (nSPS) is 11.0. The number of hydrogen-bond donors (Lipinski definition) is 1. The van der Waals surface area contributed by atoms with Crippen LogP contribution in [-0.4, -0.2) is 37.5 Å². The summed E-state index contributed by atoms with van der Waals surface area (Å²) in [6, 6.07) is 8.67. The van der Waals surface area contributed by atoms with E-state index < -0.39 is 0 Å². The van der Waals surface area contributed by atoms with Gasteiger partial charge in [-0.15, -0.1) is 0 Å². The van der Waals surface area contributed by atoms with E-state index >= 15 is 0 Å². The lowest BCUT2D eigenvalue weighted by atomic mass is 10.1. The van der Waals surface area contributed by atoms with Crippen molar-refractivity contribution in [3.63, 3.8) is 0 Å². The maximum atomic E-state index is 5.39. The van der Waals surface area contributed by atoms with Crippen LogP contribution in [0.1, 0.15) is 11.1 Å². The van der Waals surface area contributed by atoms with Gasteiger partial charge in [0.15, 0.2) is 0 Å². The third-order valence-electron chi connectivity index (χ3n) is 2.43. The first-order chi connectivity index (χ1) is 7.72. The first-order valence-corrected chi connectivity index (χ1v) is 6.28. The Kier molecular flexibility index (Phi) is 6.53. The van der Waals surface area contributed by atoms with Gasteiger partial charge in [0.1, 0.15) is 0 Å². The highest BCUT2D eigenvalue weighted by atomic mass is 32.1. The lowest BCUT2D eigenvalue weighted by molar-refractivity contribution is 0.122. The van der Waals surface area contributed by atoms with Gasteiger partial charge in [0.2, 0.25) is 0 Å². The number of thiol groups is 1. The molecule has 0 radical (unpaired) electrons. The van der Waals surface area contributed by atoms with E-state index in [0.717, 1.165) is 32.1 Å². The summed E-state index contributed by atoms with van der Waals surface area (Å²) in [6.45, 7) is 5.56. The van der Waals surface area contributed by atoms with Crippen LogP contribution in [0, 0.1) is 6.92 Å². The van der Waals surface area contributed by atoms with E-state index in [4.69, 9.17) is 4.74 Å². The summed E-state index contributed by atoms with van der Waals surface area (Å²) >= 11 is 4.10. The molecule has 90 valence electrons. The molecule has 0 aliphatic carbocycles. The smallest absolute Gasteiger partial charge is 0.0593 e. The predicted molar refractivity (Wildman–Crippen MR) is 72.2 cm³/mol. The summed E-state index contributed by atoms with van der Waals surface area (Å²) in [5, 5.41) is 0. The minimum atomic E-state index is 0.738. The summed E-state index contributed by atoms with van der Waals surface area (Å²) in [5.74, 6) is 0.793. The number of hydrogen-bond acceptors (Lipinski definition) is 3. The quantitative estimate of drug-likeness (QED) is 0.579. The fraction of sp³-hybridized carbons (Fsp3) is 0.538. The van der Waals surface area contributed by atoms with Crippen molar-refractivity contribution < 1.29 is 4.74 Å². The van der Waals surface area contributed by atoms with E-state index in [9.17, 15) is 0 Å². The average Bonchev–Trinajstić information content (AvgIpc) is 2.28. The van der Waals surface area contributed by atoms with E-state index in [1.807, 2.05) is 0 Å². The molecular formula is C13H21NOS. The molecule has 0 unspecified atom stereocenters. The molecule has 16 heavy (non-hydrogen) atoms. The second-order valence-electron chi connectivity index (χ2n) is 4.06. The van der Waals surface area contributed by atoms with Crippen LogP contribution in [0.3, 0.4) is 0 Å². The first-order valence-electron chi connectivity index (χ1n) is 5.65. The number of aryl methyl sites for hydroxylation is 1. The van der Waals surface area contributed by atoms with Crippen molar-refractivity contribution in [3.8, 4) is 0 Å². The van der Waals surface area contributed by atoms with E-state index in [2.05, 4.69) is 55.8 Å². The maximum Gasteiger partial charge on any atom is 0.0593 e.